The third-order valence-electron chi connectivity index (χ3n) is 3.98. The minimum absolute atomic E-state index is 0.0101. The van der Waals surface area contributed by atoms with Crippen LogP contribution in [-0.4, -0.2) is 34.8 Å². The highest BCUT2D eigenvalue weighted by atomic mass is 16.2. The molecule has 1 N–H and O–H groups in total. The second kappa shape index (κ2) is 7.51. The number of nitrogens with zero attached hydrogens (tertiary/aromatic N) is 1. The molecule has 1 rings (SSSR count). The zero-order valence-corrected chi connectivity index (χ0v) is 12.7. The van der Waals surface area contributed by atoms with E-state index < -0.39 is 0 Å². The van der Waals surface area contributed by atoms with Crippen LogP contribution in [0.3, 0.4) is 0 Å². The number of carbonyl (C=O) groups excluding carboxylic acids is 2. The van der Waals surface area contributed by atoms with E-state index in [1.807, 2.05) is 18.7 Å². The van der Waals surface area contributed by atoms with Crippen LogP contribution in [0.5, 0.6) is 0 Å². The predicted molar refractivity (Wildman–Crippen MR) is 76.8 cm³/mol. The Bertz CT molecular complexity index is 317. The third-order valence-corrected chi connectivity index (χ3v) is 3.98. The Morgan fingerprint density at radius 3 is 2.37 bits per heavy atom. The van der Waals surface area contributed by atoms with Gasteiger partial charge in [-0.1, -0.05) is 40.0 Å². The molecule has 0 aromatic carbocycles. The summed E-state index contributed by atoms with van der Waals surface area (Å²) >= 11 is 0. The van der Waals surface area contributed by atoms with Crippen LogP contribution >= 0.6 is 0 Å². The van der Waals surface area contributed by atoms with Crippen LogP contribution in [0.4, 0.5) is 0 Å². The van der Waals surface area contributed by atoms with Crippen LogP contribution < -0.4 is 5.32 Å². The molecule has 4 heteroatoms. The van der Waals surface area contributed by atoms with Gasteiger partial charge < -0.3 is 10.2 Å². The molecule has 1 heterocycles. The first-order chi connectivity index (χ1) is 9.06. The minimum atomic E-state index is -0.330. The van der Waals surface area contributed by atoms with Gasteiger partial charge in [0.1, 0.15) is 12.1 Å². The van der Waals surface area contributed by atoms with Gasteiger partial charge in [-0.25, -0.2) is 0 Å². The van der Waals surface area contributed by atoms with Crippen LogP contribution in [0.25, 0.3) is 0 Å². The van der Waals surface area contributed by atoms with Gasteiger partial charge in [-0.15, -0.1) is 0 Å². The van der Waals surface area contributed by atoms with Crippen molar-refractivity contribution in [3.63, 3.8) is 0 Å². The lowest BCUT2D eigenvalue weighted by molar-refractivity contribution is -0.151. The Balaban J connectivity index is 2.88. The fraction of sp³-hybridized carbons (Fsp3) is 0.867. The van der Waals surface area contributed by atoms with Gasteiger partial charge in [0.05, 0.1) is 0 Å². The highest BCUT2D eigenvalue weighted by Gasteiger charge is 2.40. The normalized spacial score (nSPS) is 25.4. The first-order valence-electron chi connectivity index (χ1n) is 7.69. The van der Waals surface area contributed by atoms with Gasteiger partial charge >= 0.3 is 0 Å². The summed E-state index contributed by atoms with van der Waals surface area (Å²) in [6, 6.07) is -0.444. The summed E-state index contributed by atoms with van der Waals surface area (Å²) < 4.78 is 0. The van der Waals surface area contributed by atoms with Gasteiger partial charge in [0.25, 0.3) is 0 Å². The molecule has 0 aromatic rings. The monoisotopic (exact) mass is 268 g/mol. The Morgan fingerprint density at radius 1 is 1.16 bits per heavy atom. The number of nitrogens with one attached hydrogen (secondary N) is 1. The van der Waals surface area contributed by atoms with E-state index in [0.717, 1.165) is 32.1 Å². The maximum atomic E-state index is 12.5. The molecule has 3 unspecified atom stereocenters. The lowest BCUT2D eigenvalue weighted by Gasteiger charge is -2.42. The van der Waals surface area contributed by atoms with Crippen molar-refractivity contribution >= 4 is 11.8 Å². The van der Waals surface area contributed by atoms with E-state index in [1.165, 1.54) is 0 Å². The SMILES string of the molecule is CCCCC(CCC)N1C(=O)C(CC)NC(=O)C1C. The summed E-state index contributed by atoms with van der Waals surface area (Å²) in [6.45, 7) is 8.08. The number of carbonyl (C=O) groups is 2. The summed E-state index contributed by atoms with van der Waals surface area (Å²) in [5, 5.41) is 2.82. The van der Waals surface area contributed by atoms with Gasteiger partial charge in [0.15, 0.2) is 0 Å². The van der Waals surface area contributed by atoms with Crippen molar-refractivity contribution in [2.45, 2.75) is 84.3 Å². The first kappa shape index (κ1) is 16.0. The molecule has 0 radical (unpaired) electrons. The van der Waals surface area contributed by atoms with E-state index in [2.05, 4.69) is 19.2 Å². The average Bonchev–Trinajstić information content (AvgIpc) is 2.40. The van der Waals surface area contributed by atoms with Crippen LogP contribution in [0, 0.1) is 0 Å². The third kappa shape index (κ3) is 3.71. The van der Waals surface area contributed by atoms with Crippen molar-refractivity contribution in [2.24, 2.45) is 0 Å². The van der Waals surface area contributed by atoms with Crippen molar-refractivity contribution in [3.05, 3.63) is 0 Å². The number of hydrogen-bond donors (Lipinski definition) is 1. The molecule has 1 aliphatic rings. The van der Waals surface area contributed by atoms with E-state index in [1.54, 1.807) is 0 Å². The summed E-state index contributed by atoms with van der Waals surface area (Å²) in [5.41, 5.74) is 0. The molecule has 19 heavy (non-hydrogen) atoms. The molecule has 0 aromatic heterocycles. The molecule has 2 amide bonds. The molecule has 1 saturated heterocycles. The molecule has 0 aliphatic carbocycles. The molecule has 0 bridgehead atoms. The van der Waals surface area contributed by atoms with Crippen molar-refractivity contribution in [3.8, 4) is 0 Å². The molecule has 4 nitrogen and oxygen atoms in total. The lowest BCUT2D eigenvalue weighted by atomic mass is 9.97. The van der Waals surface area contributed by atoms with E-state index in [9.17, 15) is 9.59 Å². The van der Waals surface area contributed by atoms with Gasteiger partial charge in [-0.2, -0.15) is 0 Å². The zero-order chi connectivity index (χ0) is 14.4. The quantitative estimate of drug-likeness (QED) is 0.771. The van der Waals surface area contributed by atoms with Crippen LogP contribution in [0.1, 0.15) is 66.2 Å². The maximum absolute atomic E-state index is 12.5. The number of amides is 2. The fourth-order valence-corrected chi connectivity index (χ4v) is 2.82. The van der Waals surface area contributed by atoms with E-state index >= 15 is 0 Å². The van der Waals surface area contributed by atoms with Gasteiger partial charge in [-0.05, 0) is 26.2 Å². The summed E-state index contributed by atoms with van der Waals surface area (Å²) in [7, 11) is 0. The topological polar surface area (TPSA) is 49.4 Å². The second-order valence-electron chi connectivity index (χ2n) is 5.48. The number of unbranched alkanes of at least 4 members (excludes halogenated alkanes) is 1. The predicted octanol–water partition coefficient (Wildman–Crippen LogP) is 2.47. The Kier molecular flexibility index (Phi) is 6.32. The molecule has 3 atom stereocenters. The molecule has 0 spiro atoms. The number of rotatable bonds is 7. The highest BCUT2D eigenvalue weighted by molar-refractivity contribution is 5.96. The molecule has 0 saturated carbocycles. The number of hydrogen-bond acceptors (Lipinski definition) is 2. The van der Waals surface area contributed by atoms with Gasteiger partial charge in [0.2, 0.25) is 11.8 Å². The molecule has 1 fully saturated rings. The molecule has 1 aliphatic heterocycles. The van der Waals surface area contributed by atoms with Gasteiger partial charge in [-0.3, -0.25) is 9.59 Å². The standard InChI is InChI=1S/C15H28N2O2/c1-5-8-10-12(9-6-2)17-11(4)14(18)16-13(7-3)15(17)19/h11-13H,5-10H2,1-4H3,(H,16,18). The lowest BCUT2D eigenvalue weighted by Crippen LogP contribution is -2.64. The van der Waals surface area contributed by atoms with Crippen LogP contribution in [0.15, 0.2) is 0 Å². The largest absolute Gasteiger partial charge is 0.343 e. The average molecular weight is 268 g/mol. The van der Waals surface area contributed by atoms with Crippen LogP contribution in [-0.2, 0) is 9.59 Å². The summed E-state index contributed by atoms with van der Waals surface area (Å²) in [5.74, 6) is 0.0909. The summed E-state index contributed by atoms with van der Waals surface area (Å²) in [6.07, 6.45) is 5.94. The van der Waals surface area contributed by atoms with Crippen molar-refractivity contribution < 1.29 is 9.59 Å². The van der Waals surface area contributed by atoms with Crippen molar-refractivity contribution in [1.82, 2.24) is 10.2 Å². The van der Waals surface area contributed by atoms with Crippen molar-refractivity contribution in [1.29, 1.82) is 0 Å². The zero-order valence-electron chi connectivity index (χ0n) is 12.7. The van der Waals surface area contributed by atoms with Gasteiger partial charge in [0, 0.05) is 6.04 Å². The van der Waals surface area contributed by atoms with E-state index in [4.69, 9.17) is 0 Å². The Labute approximate surface area is 116 Å². The second-order valence-corrected chi connectivity index (χ2v) is 5.48. The van der Waals surface area contributed by atoms with E-state index in [0.29, 0.717) is 6.42 Å². The van der Waals surface area contributed by atoms with Crippen LogP contribution in [0.2, 0.25) is 0 Å². The summed E-state index contributed by atoms with van der Waals surface area (Å²) in [4.78, 5) is 26.4. The Morgan fingerprint density at radius 2 is 1.84 bits per heavy atom. The first-order valence-corrected chi connectivity index (χ1v) is 7.69. The van der Waals surface area contributed by atoms with E-state index in [-0.39, 0.29) is 29.9 Å². The smallest absolute Gasteiger partial charge is 0.246 e. The number of piperazine rings is 1. The maximum Gasteiger partial charge on any atom is 0.246 e. The molecular formula is C15H28N2O2. The Hall–Kier alpha value is -1.06. The van der Waals surface area contributed by atoms with Crippen molar-refractivity contribution in [2.75, 3.05) is 0 Å². The minimum Gasteiger partial charge on any atom is -0.343 e. The molecular weight excluding hydrogens is 240 g/mol. The fourth-order valence-electron chi connectivity index (χ4n) is 2.82. The molecule has 110 valence electrons. The highest BCUT2D eigenvalue weighted by Crippen LogP contribution is 2.22.